The van der Waals surface area contributed by atoms with Crippen LogP contribution in [0.25, 0.3) is 4.85 Å². The first-order valence-electron chi connectivity index (χ1n) is 10.6. The summed E-state index contributed by atoms with van der Waals surface area (Å²) >= 11 is 0. The maximum atomic E-state index is 14.2. The number of carbonyl (C=O) groups is 1. The average molecular weight is 491 g/mol. The summed E-state index contributed by atoms with van der Waals surface area (Å²) in [6.07, 6.45) is 2.37. The van der Waals surface area contributed by atoms with E-state index in [0.717, 1.165) is 29.0 Å². The maximum absolute atomic E-state index is 14.2. The SMILES string of the molecule is [C-]#[N+]c1ccccc1[C@H](c1cc(F)cc(F)c1)[C@@H](C)c1nc(C(=O)Nc2cnoc2)c(O)c(=O)n1C. The molecule has 0 spiro atoms. The number of aromatic hydroxyl groups is 1. The predicted octanol–water partition coefficient (Wildman–Crippen LogP) is 4.49. The molecule has 0 saturated heterocycles. The fourth-order valence-corrected chi connectivity index (χ4v) is 4.12. The van der Waals surface area contributed by atoms with Gasteiger partial charge in [0.15, 0.2) is 11.4 Å². The van der Waals surface area contributed by atoms with Gasteiger partial charge in [0.2, 0.25) is 5.75 Å². The molecule has 0 fully saturated rings. The molecule has 2 aromatic carbocycles. The molecule has 9 nitrogen and oxygen atoms in total. The van der Waals surface area contributed by atoms with Gasteiger partial charge in [-0.15, -0.1) is 0 Å². The molecule has 0 aliphatic carbocycles. The minimum absolute atomic E-state index is 0.0442. The maximum Gasteiger partial charge on any atom is 0.296 e. The van der Waals surface area contributed by atoms with Crippen molar-refractivity contribution >= 4 is 17.3 Å². The topological polar surface area (TPSA) is 115 Å². The number of nitrogens with one attached hydrogen (secondary N) is 1. The lowest BCUT2D eigenvalue weighted by molar-refractivity contribution is 0.101. The van der Waals surface area contributed by atoms with E-state index in [1.807, 2.05) is 0 Å². The van der Waals surface area contributed by atoms with E-state index in [1.54, 1.807) is 31.2 Å². The van der Waals surface area contributed by atoms with Crippen LogP contribution in [0.1, 0.15) is 46.2 Å². The highest BCUT2D eigenvalue weighted by Gasteiger charge is 2.31. The standard InChI is InChI=1S/C25H19F2N5O4/c1-13(20(14-8-15(26)10-16(27)9-14)18-6-4-5-7-19(18)28-2)23-31-21(22(33)25(35)32(23)3)24(34)30-17-11-29-36-12-17/h4-13,20,33H,1,3H3,(H,30,34)/t13-,20+/m1/s1. The fraction of sp³-hybridized carbons (Fsp3) is 0.160. The van der Waals surface area contributed by atoms with Crippen molar-refractivity contribution in [1.82, 2.24) is 14.7 Å². The molecule has 2 N–H and O–H groups in total. The van der Waals surface area contributed by atoms with Gasteiger partial charge in [-0.3, -0.25) is 14.2 Å². The molecule has 0 aliphatic heterocycles. The Morgan fingerprint density at radius 3 is 2.56 bits per heavy atom. The number of carbonyl (C=O) groups excluding carboxylic acids is 1. The van der Waals surface area contributed by atoms with Crippen molar-refractivity contribution in [1.29, 1.82) is 0 Å². The van der Waals surface area contributed by atoms with Crippen LogP contribution >= 0.6 is 0 Å². The van der Waals surface area contributed by atoms with Crippen LogP contribution in [0.2, 0.25) is 0 Å². The van der Waals surface area contributed by atoms with Crippen LogP contribution in [-0.2, 0) is 7.05 Å². The highest BCUT2D eigenvalue weighted by molar-refractivity contribution is 6.04. The molecule has 0 unspecified atom stereocenters. The summed E-state index contributed by atoms with van der Waals surface area (Å²) in [7, 11) is 1.35. The summed E-state index contributed by atoms with van der Waals surface area (Å²) < 4.78 is 34.2. The van der Waals surface area contributed by atoms with E-state index in [0.29, 0.717) is 5.56 Å². The smallest absolute Gasteiger partial charge is 0.296 e. The van der Waals surface area contributed by atoms with Crippen molar-refractivity contribution in [3.05, 3.63) is 111 Å². The number of halogens is 2. The summed E-state index contributed by atoms with van der Waals surface area (Å²) in [6.45, 7) is 9.21. The van der Waals surface area contributed by atoms with E-state index in [1.165, 1.54) is 13.2 Å². The van der Waals surface area contributed by atoms with E-state index < -0.39 is 46.4 Å². The van der Waals surface area contributed by atoms with Crippen molar-refractivity contribution in [2.75, 3.05) is 5.32 Å². The first-order chi connectivity index (χ1) is 17.2. The molecule has 2 heterocycles. The van der Waals surface area contributed by atoms with E-state index in [2.05, 4.69) is 24.8 Å². The van der Waals surface area contributed by atoms with Gasteiger partial charge < -0.3 is 14.9 Å². The lowest BCUT2D eigenvalue weighted by Gasteiger charge is -2.27. The summed E-state index contributed by atoms with van der Waals surface area (Å²) in [5, 5.41) is 16.3. The van der Waals surface area contributed by atoms with Crippen molar-refractivity contribution in [3.8, 4) is 5.75 Å². The van der Waals surface area contributed by atoms with E-state index in [-0.39, 0.29) is 22.8 Å². The molecule has 0 radical (unpaired) electrons. The Bertz CT molecular complexity index is 1520. The highest BCUT2D eigenvalue weighted by atomic mass is 19.1. The molecule has 11 heteroatoms. The van der Waals surface area contributed by atoms with E-state index in [9.17, 15) is 23.5 Å². The Hall–Kier alpha value is -4.85. The molecule has 0 bridgehead atoms. The van der Waals surface area contributed by atoms with Gasteiger partial charge in [0.1, 0.15) is 29.4 Å². The minimum Gasteiger partial charge on any atom is -0.501 e. The number of benzene rings is 2. The second-order valence-corrected chi connectivity index (χ2v) is 8.04. The Labute approximate surface area is 203 Å². The van der Waals surface area contributed by atoms with Gasteiger partial charge in [0, 0.05) is 24.9 Å². The summed E-state index contributed by atoms with van der Waals surface area (Å²) in [5.74, 6) is -4.98. The molecule has 1 amide bonds. The third-order valence-electron chi connectivity index (χ3n) is 5.75. The molecule has 0 aliphatic rings. The summed E-state index contributed by atoms with van der Waals surface area (Å²) in [4.78, 5) is 33.4. The Balaban J connectivity index is 1.90. The van der Waals surface area contributed by atoms with E-state index >= 15 is 0 Å². The number of nitrogens with zero attached hydrogens (tertiary/aromatic N) is 4. The molecule has 2 aromatic heterocycles. The van der Waals surface area contributed by atoms with Crippen molar-refractivity contribution in [2.24, 2.45) is 7.05 Å². The third-order valence-corrected chi connectivity index (χ3v) is 5.75. The van der Waals surface area contributed by atoms with Gasteiger partial charge in [0.25, 0.3) is 11.5 Å². The van der Waals surface area contributed by atoms with Crippen LogP contribution in [0.4, 0.5) is 20.2 Å². The number of hydrogen-bond donors (Lipinski definition) is 2. The van der Waals surface area contributed by atoms with Crippen molar-refractivity contribution in [3.63, 3.8) is 0 Å². The second kappa shape index (κ2) is 9.79. The number of hydrogen-bond acceptors (Lipinski definition) is 6. The third kappa shape index (κ3) is 4.56. The zero-order valence-electron chi connectivity index (χ0n) is 19.1. The molecule has 2 atom stereocenters. The molecule has 0 saturated carbocycles. The first kappa shape index (κ1) is 24.3. The molecule has 4 aromatic rings. The second-order valence-electron chi connectivity index (χ2n) is 8.04. The Morgan fingerprint density at radius 1 is 1.22 bits per heavy atom. The van der Waals surface area contributed by atoms with Crippen LogP contribution in [0, 0.1) is 18.2 Å². The zero-order valence-corrected chi connectivity index (χ0v) is 19.1. The summed E-state index contributed by atoms with van der Waals surface area (Å²) in [6, 6.07) is 9.57. The van der Waals surface area contributed by atoms with Crippen LogP contribution in [-0.4, -0.2) is 25.7 Å². The Morgan fingerprint density at radius 2 is 1.92 bits per heavy atom. The number of aromatic nitrogens is 3. The predicted molar refractivity (Wildman–Crippen MR) is 125 cm³/mol. The lowest BCUT2D eigenvalue weighted by Crippen LogP contribution is -2.29. The van der Waals surface area contributed by atoms with Crippen LogP contribution in [0.15, 0.2) is 64.2 Å². The number of anilines is 1. The molecular weight excluding hydrogens is 472 g/mol. The number of amides is 1. The summed E-state index contributed by atoms with van der Waals surface area (Å²) in [5.41, 5.74) is -0.380. The van der Waals surface area contributed by atoms with Crippen LogP contribution in [0.5, 0.6) is 5.75 Å². The largest absolute Gasteiger partial charge is 0.501 e. The molecule has 4 rings (SSSR count). The van der Waals surface area contributed by atoms with Gasteiger partial charge in [-0.05, 0) is 23.3 Å². The minimum atomic E-state index is -0.898. The zero-order chi connectivity index (χ0) is 26.0. The molecular formula is C25H19F2N5O4. The van der Waals surface area contributed by atoms with Crippen LogP contribution in [0.3, 0.4) is 0 Å². The fourth-order valence-electron chi connectivity index (χ4n) is 4.12. The van der Waals surface area contributed by atoms with Gasteiger partial charge in [-0.2, -0.15) is 0 Å². The van der Waals surface area contributed by atoms with Gasteiger partial charge >= 0.3 is 0 Å². The number of rotatable bonds is 6. The van der Waals surface area contributed by atoms with Gasteiger partial charge in [0.05, 0.1) is 12.8 Å². The van der Waals surface area contributed by atoms with Gasteiger partial charge in [-0.1, -0.05) is 36.3 Å². The normalized spacial score (nSPS) is 12.5. The van der Waals surface area contributed by atoms with Crippen molar-refractivity contribution in [2.45, 2.75) is 18.8 Å². The van der Waals surface area contributed by atoms with E-state index in [4.69, 9.17) is 6.57 Å². The number of para-hydroxylation sites is 1. The average Bonchev–Trinajstić information content (AvgIpc) is 3.35. The molecule has 36 heavy (non-hydrogen) atoms. The quantitative estimate of drug-likeness (QED) is 0.384. The van der Waals surface area contributed by atoms with Crippen molar-refractivity contribution < 1.29 is 23.2 Å². The highest BCUT2D eigenvalue weighted by Crippen LogP contribution is 2.42. The first-order valence-corrected chi connectivity index (χ1v) is 10.6. The Kier molecular flexibility index (Phi) is 6.60. The molecule has 182 valence electrons. The van der Waals surface area contributed by atoms with Crippen LogP contribution < -0.4 is 10.9 Å². The van der Waals surface area contributed by atoms with Gasteiger partial charge in [-0.25, -0.2) is 18.6 Å². The monoisotopic (exact) mass is 491 g/mol. The lowest BCUT2D eigenvalue weighted by atomic mass is 9.80.